The highest BCUT2D eigenvalue weighted by Crippen LogP contribution is 2.39. The number of rotatable bonds is 8. The number of halogens is 1. The lowest BCUT2D eigenvalue weighted by atomic mass is 10.1. The quantitative estimate of drug-likeness (QED) is 0.121. The summed E-state index contributed by atoms with van der Waals surface area (Å²) in [7, 11) is 4.42. The number of benzene rings is 4. The summed E-state index contributed by atoms with van der Waals surface area (Å²) in [6, 6.07) is 22.2. The zero-order valence-electron chi connectivity index (χ0n) is 24.6. The lowest BCUT2D eigenvalue weighted by molar-refractivity contribution is -0.384. The van der Waals surface area contributed by atoms with Crippen LogP contribution in [-0.2, 0) is 4.79 Å². The predicted octanol–water partition coefficient (Wildman–Crippen LogP) is 5.62. The number of aliphatic imine (C=N–C) groups is 1. The maximum atomic E-state index is 14.4. The van der Waals surface area contributed by atoms with Gasteiger partial charge in [0.25, 0.3) is 17.2 Å². The van der Waals surface area contributed by atoms with Crippen LogP contribution in [-0.4, -0.2) is 47.7 Å². The molecule has 5 aromatic rings. The van der Waals surface area contributed by atoms with Crippen molar-refractivity contribution in [3.63, 3.8) is 0 Å². The number of methoxy groups -OCH3 is 3. The van der Waals surface area contributed by atoms with Gasteiger partial charge >= 0.3 is 0 Å². The molecular formula is C33H24ClN5O7. The van der Waals surface area contributed by atoms with Crippen LogP contribution < -0.4 is 24.8 Å². The number of aromatic nitrogens is 2. The number of non-ortho nitro benzene ring substituents is 1. The standard InChI is InChI=1S/C33H24ClN5O7/c1-44-27-17-19(18-28(45-2)29(27)46-3)16-26-33(41)38(31(36-26)21-10-14-23(15-11-21)39(42)43)37-30(20-8-12-22(34)13-9-20)35-25-7-5-4-6-24(25)32(37)40/h4-18H,1-3H3/b26-16-. The van der Waals surface area contributed by atoms with Crippen LogP contribution >= 0.6 is 11.6 Å². The largest absolute Gasteiger partial charge is 0.493 e. The molecule has 0 saturated heterocycles. The normalized spacial score (nSPS) is 13.7. The molecule has 13 heteroatoms. The van der Waals surface area contributed by atoms with Crippen LogP contribution in [0.3, 0.4) is 0 Å². The average Bonchev–Trinajstić information content (AvgIpc) is 3.39. The number of carbonyl (C=O) groups is 1. The molecule has 0 spiro atoms. The van der Waals surface area contributed by atoms with Crippen molar-refractivity contribution in [2.24, 2.45) is 4.99 Å². The average molecular weight is 638 g/mol. The van der Waals surface area contributed by atoms with Crippen LogP contribution in [0.5, 0.6) is 17.2 Å². The first-order chi connectivity index (χ1) is 22.2. The Labute approximate surface area is 266 Å². The lowest BCUT2D eigenvalue weighted by Gasteiger charge is -2.24. The molecule has 230 valence electrons. The molecule has 0 N–H and O–H groups in total. The van der Waals surface area contributed by atoms with Crippen LogP contribution in [0.4, 0.5) is 5.69 Å². The Balaban J connectivity index is 1.61. The molecule has 6 rings (SSSR count). The van der Waals surface area contributed by atoms with Gasteiger partial charge in [-0.3, -0.25) is 19.7 Å². The highest BCUT2D eigenvalue weighted by Gasteiger charge is 2.36. The Morgan fingerprint density at radius 2 is 1.48 bits per heavy atom. The van der Waals surface area contributed by atoms with E-state index in [2.05, 4.69) is 4.99 Å². The number of para-hydroxylation sites is 1. The van der Waals surface area contributed by atoms with Crippen LogP contribution in [0.1, 0.15) is 11.1 Å². The van der Waals surface area contributed by atoms with E-state index in [9.17, 15) is 19.7 Å². The van der Waals surface area contributed by atoms with Gasteiger partial charge in [0, 0.05) is 28.3 Å². The van der Waals surface area contributed by atoms with E-state index in [0.717, 1.165) is 9.69 Å². The second-order valence-electron chi connectivity index (χ2n) is 9.92. The number of carbonyl (C=O) groups excluding carboxylic acids is 1. The van der Waals surface area contributed by atoms with Crippen LogP contribution in [0.15, 0.2) is 100 Å². The molecule has 1 aliphatic heterocycles. The molecule has 1 aliphatic rings. The van der Waals surface area contributed by atoms with Gasteiger partial charge in [-0.1, -0.05) is 23.7 Å². The van der Waals surface area contributed by atoms with Crippen LogP contribution in [0.25, 0.3) is 28.4 Å². The number of amidine groups is 1. The van der Waals surface area contributed by atoms with Crippen molar-refractivity contribution in [2.45, 2.75) is 0 Å². The summed E-state index contributed by atoms with van der Waals surface area (Å²) in [6.45, 7) is 0. The van der Waals surface area contributed by atoms with Gasteiger partial charge in [0.15, 0.2) is 23.2 Å². The van der Waals surface area contributed by atoms with Crippen molar-refractivity contribution in [1.82, 2.24) is 9.66 Å². The molecular weight excluding hydrogens is 614 g/mol. The lowest BCUT2D eigenvalue weighted by Crippen LogP contribution is -2.49. The number of hydrogen-bond acceptors (Lipinski definition) is 9. The van der Waals surface area contributed by atoms with Gasteiger partial charge in [-0.25, -0.2) is 9.98 Å². The molecule has 0 bridgehead atoms. The summed E-state index contributed by atoms with van der Waals surface area (Å²) in [6.07, 6.45) is 1.51. The first-order valence-corrected chi connectivity index (χ1v) is 14.1. The van der Waals surface area contributed by atoms with Gasteiger partial charge in [-0.05, 0) is 72.3 Å². The highest BCUT2D eigenvalue weighted by molar-refractivity contribution is 6.31. The Bertz CT molecular complexity index is 2120. The number of nitro groups is 1. The summed E-state index contributed by atoms with van der Waals surface area (Å²) in [5.41, 5.74) is 1.03. The number of amides is 1. The number of nitrogens with zero attached hydrogens (tertiary/aromatic N) is 5. The van der Waals surface area contributed by atoms with Crippen molar-refractivity contribution in [3.05, 3.63) is 127 Å². The second kappa shape index (κ2) is 12.2. The van der Waals surface area contributed by atoms with Gasteiger partial charge < -0.3 is 14.2 Å². The predicted molar refractivity (Wildman–Crippen MR) is 173 cm³/mol. The molecule has 0 unspecified atom stereocenters. The molecule has 0 radical (unpaired) electrons. The maximum absolute atomic E-state index is 14.4. The number of fused-ring (bicyclic) bond motifs is 1. The van der Waals surface area contributed by atoms with Crippen molar-refractivity contribution in [2.75, 3.05) is 26.3 Å². The van der Waals surface area contributed by atoms with E-state index >= 15 is 0 Å². The molecule has 1 amide bonds. The van der Waals surface area contributed by atoms with E-state index in [0.29, 0.717) is 44.5 Å². The zero-order valence-corrected chi connectivity index (χ0v) is 25.4. The minimum absolute atomic E-state index is 0.0373. The smallest absolute Gasteiger partial charge is 0.297 e. The molecule has 0 aliphatic carbocycles. The summed E-state index contributed by atoms with van der Waals surface area (Å²) in [4.78, 5) is 48.9. The first kappa shape index (κ1) is 30.0. The second-order valence-corrected chi connectivity index (χ2v) is 10.4. The van der Waals surface area contributed by atoms with Crippen molar-refractivity contribution >= 4 is 46.0 Å². The molecule has 0 saturated carbocycles. The highest BCUT2D eigenvalue weighted by atomic mass is 35.5. The van der Waals surface area contributed by atoms with Crippen LogP contribution in [0, 0.1) is 10.1 Å². The van der Waals surface area contributed by atoms with Gasteiger partial charge in [-0.2, -0.15) is 9.69 Å². The van der Waals surface area contributed by atoms with Crippen molar-refractivity contribution in [1.29, 1.82) is 0 Å². The van der Waals surface area contributed by atoms with Gasteiger partial charge in [-0.15, -0.1) is 0 Å². The third kappa shape index (κ3) is 5.30. The van der Waals surface area contributed by atoms with E-state index in [1.54, 1.807) is 60.7 Å². The first-order valence-electron chi connectivity index (χ1n) is 13.7. The number of nitro benzene ring substituents is 1. The Hall–Kier alpha value is -6.01. The minimum atomic E-state index is -0.656. The van der Waals surface area contributed by atoms with Crippen molar-refractivity contribution < 1.29 is 23.9 Å². The van der Waals surface area contributed by atoms with Gasteiger partial charge in [0.1, 0.15) is 5.70 Å². The Morgan fingerprint density at radius 3 is 2.09 bits per heavy atom. The minimum Gasteiger partial charge on any atom is -0.493 e. The zero-order chi connectivity index (χ0) is 32.5. The summed E-state index contributed by atoms with van der Waals surface area (Å²) in [5.74, 6) is 0.621. The van der Waals surface area contributed by atoms with E-state index in [4.69, 9.17) is 30.8 Å². The van der Waals surface area contributed by atoms with Crippen molar-refractivity contribution in [3.8, 4) is 28.6 Å². The Morgan fingerprint density at radius 1 is 0.848 bits per heavy atom. The molecule has 46 heavy (non-hydrogen) atoms. The van der Waals surface area contributed by atoms with E-state index in [-0.39, 0.29) is 28.4 Å². The molecule has 2 heterocycles. The summed E-state index contributed by atoms with van der Waals surface area (Å²) < 4.78 is 17.5. The van der Waals surface area contributed by atoms with E-state index in [1.807, 2.05) is 0 Å². The fraction of sp³-hybridized carbons (Fsp3) is 0.0909. The summed E-state index contributed by atoms with van der Waals surface area (Å²) >= 11 is 6.16. The fourth-order valence-corrected chi connectivity index (χ4v) is 5.18. The van der Waals surface area contributed by atoms with Crippen LogP contribution in [0.2, 0.25) is 5.02 Å². The topological polar surface area (TPSA) is 138 Å². The monoisotopic (exact) mass is 637 g/mol. The molecule has 1 aromatic heterocycles. The third-order valence-electron chi connectivity index (χ3n) is 7.22. The molecule has 4 aromatic carbocycles. The van der Waals surface area contributed by atoms with E-state index in [1.165, 1.54) is 51.7 Å². The molecule has 0 atom stereocenters. The summed E-state index contributed by atoms with van der Waals surface area (Å²) in [5, 5.41) is 13.2. The molecule has 12 nitrogen and oxygen atoms in total. The number of hydrogen-bond donors (Lipinski definition) is 0. The Kier molecular flexibility index (Phi) is 7.95. The fourth-order valence-electron chi connectivity index (χ4n) is 5.05. The molecule has 0 fully saturated rings. The third-order valence-corrected chi connectivity index (χ3v) is 7.47. The SMILES string of the molecule is COc1cc(/C=C2\N=C(c3ccc([N+](=O)[O-])cc3)N(n3c(-c4ccc(Cl)cc4)nc4ccccc4c3=O)C2=O)cc(OC)c1OC. The number of ether oxygens (including phenoxy) is 3. The van der Waals surface area contributed by atoms with Gasteiger partial charge in [0.05, 0.1) is 37.2 Å². The maximum Gasteiger partial charge on any atom is 0.297 e. The van der Waals surface area contributed by atoms with E-state index < -0.39 is 16.4 Å². The van der Waals surface area contributed by atoms with Gasteiger partial charge in [0.2, 0.25) is 5.75 Å².